The van der Waals surface area contributed by atoms with Crippen molar-refractivity contribution in [2.45, 2.75) is 34.1 Å². The van der Waals surface area contributed by atoms with Crippen LogP contribution in [0.2, 0.25) is 0 Å². The number of carboxylic acids is 1. The van der Waals surface area contributed by atoms with Crippen molar-refractivity contribution in [3.05, 3.63) is 28.2 Å². The van der Waals surface area contributed by atoms with Crippen LogP contribution in [0.15, 0.2) is 0 Å². The van der Waals surface area contributed by atoms with E-state index < -0.39 is 5.97 Å². The van der Waals surface area contributed by atoms with Gasteiger partial charge >= 0.3 is 5.97 Å². The Labute approximate surface area is 111 Å². The quantitative estimate of drug-likeness (QED) is 0.909. The van der Waals surface area contributed by atoms with Gasteiger partial charge in [0.1, 0.15) is 0 Å². The van der Waals surface area contributed by atoms with Crippen LogP contribution in [0.25, 0.3) is 5.82 Å². The van der Waals surface area contributed by atoms with Gasteiger partial charge in [0.2, 0.25) is 0 Å². The van der Waals surface area contributed by atoms with E-state index in [0.717, 1.165) is 22.5 Å². The Morgan fingerprint density at radius 2 is 1.79 bits per heavy atom. The Morgan fingerprint density at radius 1 is 1.16 bits per heavy atom. The highest BCUT2D eigenvalue weighted by Crippen LogP contribution is 2.21. The number of hydrogen-bond acceptors (Lipinski definition) is 3. The predicted molar refractivity (Wildman–Crippen MR) is 70.6 cm³/mol. The molecule has 2 aromatic heterocycles. The van der Waals surface area contributed by atoms with Gasteiger partial charge in [-0.1, -0.05) is 0 Å². The molecule has 0 bridgehead atoms. The van der Waals surface area contributed by atoms with Crippen LogP contribution >= 0.6 is 0 Å². The second kappa shape index (κ2) is 4.53. The Bertz CT molecular complexity index is 652. The predicted octanol–water partition coefficient (Wildman–Crippen LogP) is 1.47. The van der Waals surface area contributed by atoms with Gasteiger partial charge in [-0.15, -0.1) is 0 Å². The van der Waals surface area contributed by atoms with E-state index in [4.69, 9.17) is 5.11 Å². The molecule has 0 aliphatic rings. The molecule has 0 atom stereocenters. The van der Waals surface area contributed by atoms with Crippen LogP contribution in [0.3, 0.4) is 0 Å². The normalized spacial score (nSPS) is 11.0. The van der Waals surface area contributed by atoms with Crippen molar-refractivity contribution in [3.63, 3.8) is 0 Å². The van der Waals surface area contributed by atoms with Gasteiger partial charge in [-0.25, -0.2) is 4.68 Å². The summed E-state index contributed by atoms with van der Waals surface area (Å²) in [5, 5.41) is 17.9. The monoisotopic (exact) mass is 262 g/mol. The molecule has 2 aromatic rings. The summed E-state index contributed by atoms with van der Waals surface area (Å²) in [5.41, 5.74) is 4.48. The molecule has 0 saturated heterocycles. The molecular weight excluding hydrogens is 244 g/mol. The average Bonchev–Trinajstić information content (AvgIpc) is 2.74. The van der Waals surface area contributed by atoms with Gasteiger partial charge in [0, 0.05) is 18.3 Å². The molecule has 6 heteroatoms. The molecule has 0 fully saturated rings. The fraction of sp³-hybridized carbons (Fsp3) is 0.462. The smallest absolute Gasteiger partial charge is 0.309 e. The molecule has 6 nitrogen and oxygen atoms in total. The summed E-state index contributed by atoms with van der Waals surface area (Å²) >= 11 is 0. The highest BCUT2D eigenvalue weighted by atomic mass is 16.4. The van der Waals surface area contributed by atoms with Gasteiger partial charge in [0.25, 0.3) is 0 Å². The number of hydrogen-bond donors (Lipinski definition) is 1. The maximum Gasteiger partial charge on any atom is 0.309 e. The minimum Gasteiger partial charge on any atom is -0.481 e. The van der Waals surface area contributed by atoms with Crippen molar-refractivity contribution < 1.29 is 9.90 Å². The number of aliphatic carboxylic acids is 1. The average molecular weight is 262 g/mol. The van der Waals surface area contributed by atoms with E-state index in [-0.39, 0.29) is 6.42 Å². The summed E-state index contributed by atoms with van der Waals surface area (Å²) in [5.74, 6) is -0.165. The number of carboxylic acid groups (broad SMARTS) is 1. The molecule has 0 radical (unpaired) electrons. The van der Waals surface area contributed by atoms with Gasteiger partial charge in [-0.05, 0) is 33.3 Å². The summed E-state index contributed by atoms with van der Waals surface area (Å²) in [6.45, 7) is 7.71. The van der Waals surface area contributed by atoms with Gasteiger partial charge < -0.3 is 5.11 Å². The van der Waals surface area contributed by atoms with Crippen molar-refractivity contribution in [1.29, 1.82) is 0 Å². The van der Waals surface area contributed by atoms with Crippen molar-refractivity contribution >= 4 is 5.97 Å². The van der Waals surface area contributed by atoms with Crippen molar-refractivity contribution in [3.8, 4) is 5.82 Å². The zero-order valence-corrected chi connectivity index (χ0v) is 11.9. The van der Waals surface area contributed by atoms with E-state index in [1.54, 1.807) is 9.36 Å². The van der Waals surface area contributed by atoms with E-state index in [2.05, 4.69) is 10.2 Å². The largest absolute Gasteiger partial charge is 0.481 e. The number of aromatic nitrogens is 4. The van der Waals surface area contributed by atoms with Crippen LogP contribution in [0, 0.1) is 27.7 Å². The molecular formula is C13H18N4O2. The Balaban J connectivity index is 2.64. The second-order valence-corrected chi connectivity index (χ2v) is 4.80. The first-order chi connectivity index (χ1) is 8.82. The molecule has 0 aliphatic carbocycles. The van der Waals surface area contributed by atoms with Crippen LogP contribution in [0.1, 0.15) is 28.2 Å². The molecule has 0 aliphatic heterocycles. The molecule has 0 spiro atoms. The highest BCUT2D eigenvalue weighted by Gasteiger charge is 2.20. The first-order valence-corrected chi connectivity index (χ1v) is 6.10. The third-order valence-electron chi connectivity index (χ3n) is 3.61. The first-order valence-electron chi connectivity index (χ1n) is 6.10. The molecule has 2 rings (SSSR count). The lowest BCUT2D eigenvalue weighted by Crippen LogP contribution is -2.10. The van der Waals surface area contributed by atoms with E-state index in [9.17, 15) is 4.79 Å². The highest BCUT2D eigenvalue weighted by molar-refractivity contribution is 5.70. The first kappa shape index (κ1) is 13.3. The zero-order valence-electron chi connectivity index (χ0n) is 11.9. The molecule has 102 valence electrons. The van der Waals surface area contributed by atoms with Crippen LogP contribution in [0.4, 0.5) is 0 Å². The standard InChI is InChI=1S/C13H18N4O2/c1-7-9(3)14-17(11(7)6-12(18)19)13-8(2)10(4)16(5)15-13/h6H2,1-5H3,(H,18,19). The van der Waals surface area contributed by atoms with Gasteiger partial charge in [0.05, 0.1) is 17.8 Å². The van der Waals surface area contributed by atoms with Gasteiger partial charge in [0.15, 0.2) is 5.82 Å². The fourth-order valence-electron chi connectivity index (χ4n) is 2.08. The molecule has 19 heavy (non-hydrogen) atoms. The zero-order chi connectivity index (χ0) is 14.3. The van der Waals surface area contributed by atoms with E-state index in [1.807, 2.05) is 34.7 Å². The van der Waals surface area contributed by atoms with E-state index >= 15 is 0 Å². The van der Waals surface area contributed by atoms with Gasteiger partial charge in [-0.2, -0.15) is 10.2 Å². The van der Waals surface area contributed by atoms with E-state index in [1.165, 1.54) is 0 Å². The molecule has 2 heterocycles. The molecule has 1 N–H and O–H groups in total. The van der Waals surface area contributed by atoms with Crippen molar-refractivity contribution in [2.75, 3.05) is 0 Å². The summed E-state index contributed by atoms with van der Waals surface area (Å²) in [6.07, 6.45) is -0.0538. The number of aryl methyl sites for hydroxylation is 2. The third kappa shape index (κ3) is 2.14. The van der Waals surface area contributed by atoms with Crippen molar-refractivity contribution in [2.24, 2.45) is 7.05 Å². The third-order valence-corrected chi connectivity index (χ3v) is 3.61. The molecule has 0 amide bonds. The summed E-state index contributed by atoms with van der Waals surface area (Å²) in [7, 11) is 1.87. The number of rotatable bonds is 3. The van der Waals surface area contributed by atoms with Crippen LogP contribution in [-0.2, 0) is 18.3 Å². The summed E-state index contributed by atoms with van der Waals surface area (Å²) in [6, 6.07) is 0. The summed E-state index contributed by atoms with van der Waals surface area (Å²) < 4.78 is 3.43. The Morgan fingerprint density at radius 3 is 2.26 bits per heavy atom. The van der Waals surface area contributed by atoms with Crippen molar-refractivity contribution in [1.82, 2.24) is 19.6 Å². The Hall–Kier alpha value is -2.11. The van der Waals surface area contributed by atoms with Gasteiger partial charge in [-0.3, -0.25) is 9.48 Å². The fourth-order valence-corrected chi connectivity index (χ4v) is 2.08. The van der Waals surface area contributed by atoms with E-state index in [0.29, 0.717) is 11.5 Å². The lowest BCUT2D eigenvalue weighted by molar-refractivity contribution is -0.136. The van der Waals surface area contributed by atoms with Crippen LogP contribution in [0.5, 0.6) is 0 Å². The lowest BCUT2D eigenvalue weighted by atomic mass is 10.1. The summed E-state index contributed by atoms with van der Waals surface area (Å²) in [4.78, 5) is 11.0. The minimum atomic E-state index is -0.866. The maximum absolute atomic E-state index is 11.0. The number of carbonyl (C=O) groups is 1. The SMILES string of the molecule is Cc1nn(-c2nn(C)c(C)c2C)c(CC(=O)O)c1C. The lowest BCUT2D eigenvalue weighted by Gasteiger charge is -2.04. The second-order valence-electron chi connectivity index (χ2n) is 4.80. The topological polar surface area (TPSA) is 72.9 Å². The van der Waals surface area contributed by atoms with Crippen LogP contribution < -0.4 is 0 Å². The molecule has 0 aromatic carbocycles. The number of nitrogens with zero attached hydrogens (tertiary/aromatic N) is 4. The minimum absolute atomic E-state index is 0.0538. The Kier molecular flexibility index (Phi) is 3.18. The van der Waals surface area contributed by atoms with Crippen LogP contribution in [-0.4, -0.2) is 30.6 Å². The molecule has 0 unspecified atom stereocenters. The molecule has 0 saturated carbocycles. The maximum atomic E-state index is 11.0.